The Hall–Kier alpha value is -2.40. The number of hydrogen-bond donors (Lipinski definition) is 2. The fourth-order valence-corrected chi connectivity index (χ4v) is 2.64. The Balaban J connectivity index is 2.26. The van der Waals surface area contributed by atoms with E-state index in [0.29, 0.717) is 10.9 Å². The summed E-state index contributed by atoms with van der Waals surface area (Å²) in [5, 5.41) is 11.3. The second-order valence-corrected chi connectivity index (χ2v) is 5.04. The second-order valence-electron chi connectivity index (χ2n) is 4.09. The summed E-state index contributed by atoms with van der Waals surface area (Å²) in [6, 6.07) is 9.84. The van der Waals surface area contributed by atoms with Crippen LogP contribution in [0.4, 0.5) is 0 Å². The fourth-order valence-electron chi connectivity index (χ4n) is 1.94. The lowest BCUT2D eigenvalue weighted by Crippen LogP contribution is -2.05. The highest BCUT2D eigenvalue weighted by atomic mass is 32.1. The standard InChI is InChI=1S/C14H9NO3S/c16-12-7-11(13-2-1-5-19-13)15-10-4-3-8(14(17)18)6-9(10)12/h1-7H,(H,15,16)(H,17,18). The number of hydrogen-bond acceptors (Lipinski definition) is 3. The van der Waals surface area contributed by atoms with Gasteiger partial charge < -0.3 is 10.1 Å². The number of aromatic carboxylic acids is 1. The van der Waals surface area contributed by atoms with Crippen LogP contribution in [0.25, 0.3) is 21.5 Å². The molecular formula is C14H9NO3S. The SMILES string of the molecule is O=C(O)c1ccc2[nH]c(-c3cccs3)cc(=O)c2c1. The molecule has 1 aromatic carbocycles. The van der Waals surface area contributed by atoms with E-state index >= 15 is 0 Å². The van der Waals surface area contributed by atoms with Gasteiger partial charge in [-0.05, 0) is 29.6 Å². The first-order chi connectivity index (χ1) is 9.15. The summed E-state index contributed by atoms with van der Waals surface area (Å²) in [5.41, 5.74) is 1.32. The van der Waals surface area contributed by atoms with E-state index in [1.807, 2.05) is 17.5 Å². The average Bonchev–Trinajstić information content (AvgIpc) is 2.92. The van der Waals surface area contributed by atoms with Crippen LogP contribution in [-0.4, -0.2) is 16.1 Å². The number of pyridine rings is 1. The summed E-state index contributed by atoms with van der Waals surface area (Å²) < 4.78 is 0. The topological polar surface area (TPSA) is 70.2 Å². The van der Waals surface area contributed by atoms with Crippen LogP contribution in [0.3, 0.4) is 0 Å². The van der Waals surface area contributed by atoms with Gasteiger partial charge in [-0.2, -0.15) is 0 Å². The Morgan fingerprint density at radius 1 is 1.21 bits per heavy atom. The fraction of sp³-hybridized carbons (Fsp3) is 0. The molecule has 94 valence electrons. The van der Waals surface area contributed by atoms with Crippen LogP contribution in [0, 0.1) is 0 Å². The van der Waals surface area contributed by atoms with Crippen molar-refractivity contribution < 1.29 is 9.90 Å². The molecule has 0 spiro atoms. The van der Waals surface area contributed by atoms with Gasteiger partial charge >= 0.3 is 5.97 Å². The van der Waals surface area contributed by atoms with Gasteiger partial charge in [0.15, 0.2) is 5.43 Å². The van der Waals surface area contributed by atoms with Gasteiger partial charge in [-0.25, -0.2) is 4.79 Å². The summed E-state index contributed by atoms with van der Waals surface area (Å²) in [7, 11) is 0. The number of carbonyl (C=O) groups is 1. The lowest BCUT2D eigenvalue weighted by molar-refractivity contribution is 0.0697. The zero-order chi connectivity index (χ0) is 13.4. The minimum absolute atomic E-state index is 0.113. The van der Waals surface area contributed by atoms with E-state index in [2.05, 4.69) is 4.98 Å². The smallest absolute Gasteiger partial charge is 0.335 e. The number of H-pyrrole nitrogens is 1. The lowest BCUT2D eigenvalue weighted by atomic mass is 10.1. The van der Waals surface area contributed by atoms with Crippen LogP contribution in [0.1, 0.15) is 10.4 Å². The molecule has 0 aliphatic heterocycles. The minimum atomic E-state index is -1.04. The van der Waals surface area contributed by atoms with Crippen molar-refractivity contribution in [3.8, 4) is 10.6 Å². The van der Waals surface area contributed by atoms with Crippen molar-refractivity contribution >= 4 is 28.2 Å². The van der Waals surface area contributed by atoms with E-state index < -0.39 is 5.97 Å². The molecule has 4 nitrogen and oxygen atoms in total. The Bertz CT molecular complexity index is 818. The van der Waals surface area contributed by atoms with Crippen molar-refractivity contribution in [2.24, 2.45) is 0 Å². The van der Waals surface area contributed by atoms with E-state index in [4.69, 9.17) is 5.11 Å². The van der Waals surface area contributed by atoms with Crippen molar-refractivity contribution in [3.63, 3.8) is 0 Å². The van der Waals surface area contributed by atoms with Gasteiger partial charge in [-0.1, -0.05) is 6.07 Å². The van der Waals surface area contributed by atoms with E-state index in [9.17, 15) is 9.59 Å². The maximum Gasteiger partial charge on any atom is 0.335 e. The molecule has 2 N–H and O–H groups in total. The third-order valence-electron chi connectivity index (χ3n) is 2.86. The molecule has 0 amide bonds. The van der Waals surface area contributed by atoms with Gasteiger partial charge in [0.25, 0.3) is 0 Å². The predicted molar refractivity (Wildman–Crippen MR) is 74.8 cm³/mol. The molecule has 0 radical (unpaired) electrons. The molecule has 0 unspecified atom stereocenters. The van der Waals surface area contributed by atoms with Crippen molar-refractivity contribution in [3.05, 3.63) is 57.6 Å². The molecule has 2 aromatic heterocycles. The maximum absolute atomic E-state index is 12.1. The van der Waals surface area contributed by atoms with E-state index in [1.165, 1.54) is 29.5 Å². The summed E-state index contributed by atoms with van der Waals surface area (Å²) in [4.78, 5) is 27.1. The number of carboxylic acids is 1. The highest BCUT2D eigenvalue weighted by Gasteiger charge is 2.08. The van der Waals surface area contributed by atoms with Gasteiger partial charge in [0.05, 0.1) is 16.1 Å². The highest BCUT2D eigenvalue weighted by Crippen LogP contribution is 2.23. The van der Waals surface area contributed by atoms with Crippen molar-refractivity contribution in [1.29, 1.82) is 0 Å². The normalized spacial score (nSPS) is 10.7. The van der Waals surface area contributed by atoms with Crippen LogP contribution >= 0.6 is 11.3 Å². The Morgan fingerprint density at radius 2 is 2.05 bits per heavy atom. The van der Waals surface area contributed by atoms with Crippen LogP contribution in [-0.2, 0) is 0 Å². The number of aromatic nitrogens is 1. The van der Waals surface area contributed by atoms with Crippen LogP contribution in [0.15, 0.2) is 46.6 Å². The first kappa shape index (κ1) is 11.7. The monoisotopic (exact) mass is 271 g/mol. The van der Waals surface area contributed by atoms with E-state index in [-0.39, 0.29) is 11.0 Å². The molecule has 0 aliphatic rings. The van der Waals surface area contributed by atoms with Crippen LogP contribution in [0.5, 0.6) is 0 Å². The molecule has 0 saturated carbocycles. The van der Waals surface area contributed by atoms with E-state index in [0.717, 1.165) is 10.6 Å². The number of aromatic amines is 1. The molecule has 3 rings (SSSR count). The summed E-state index contributed by atoms with van der Waals surface area (Å²) in [6.07, 6.45) is 0. The second kappa shape index (κ2) is 4.37. The van der Waals surface area contributed by atoms with Gasteiger partial charge in [-0.15, -0.1) is 11.3 Å². The lowest BCUT2D eigenvalue weighted by Gasteiger charge is -2.03. The summed E-state index contributed by atoms with van der Waals surface area (Å²) >= 11 is 1.54. The number of carboxylic acid groups (broad SMARTS) is 1. The van der Waals surface area contributed by atoms with Crippen molar-refractivity contribution in [2.75, 3.05) is 0 Å². The average molecular weight is 271 g/mol. The molecule has 0 fully saturated rings. The van der Waals surface area contributed by atoms with Crippen LogP contribution < -0.4 is 5.43 Å². The quantitative estimate of drug-likeness (QED) is 0.752. The molecule has 5 heteroatoms. The molecular weight excluding hydrogens is 262 g/mol. The third kappa shape index (κ3) is 2.04. The molecule has 0 aliphatic carbocycles. The molecule has 0 saturated heterocycles. The first-order valence-corrected chi connectivity index (χ1v) is 6.47. The molecule has 19 heavy (non-hydrogen) atoms. The Morgan fingerprint density at radius 3 is 2.74 bits per heavy atom. The largest absolute Gasteiger partial charge is 0.478 e. The van der Waals surface area contributed by atoms with Gasteiger partial charge in [0, 0.05) is 17.0 Å². The van der Waals surface area contributed by atoms with E-state index in [1.54, 1.807) is 6.07 Å². The number of fused-ring (bicyclic) bond motifs is 1. The number of thiophene rings is 1. The Kier molecular flexibility index (Phi) is 2.68. The zero-order valence-electron chi connectivity index (χ0n) is 9.71. The predicted octanol–water partition coefficient (Wildman–Crippen LogP) is 2.95. The molecule has 0 atom stereocenters. The molecule has 3 aromatic rings. The number of rotatable bonds is 2. The van der Waals surface area contributed by atoms with Gasteiger partial charge in [-0.3, -0.25) is 4.79 Å². The first-order valence-electron chi connectivity index (χ1n) is 5.59. The zero-order valence-corrected chi connectivity index (χ0v) is 10.5. The molecule has 2 heterocycles. The summed E-state index contributed by atoms with van der Waals surface area (Å²) in [5.74, 6) is -1.04. The third-order valence-corrected chi connectivity index (χ3v) is 3.77. The number of benzene rings is 1. The van der Waals surface area contributed by atoms with Crippen molar-refractivity contribution in [2.45, 2.75) is 0 Å². The van der Waals surface area contributed by atoms with Crippen LogP contribution in [0.2, 0.25) is 0 Å². The van der Waals surface area contributed by atoms with Gasteiger partial charge in [0.1, 0.15) is 0 Å². The number of nitrogens with one attached hydrogen (secondary N) is 1. The highest BCUT2D eigenvalue weighted by molar-refractivity contribution is 7.13. The minimum Gasteiger partial charge on any atom is -0.478 e. The summed E-state index contributed by atoms with van der Waals surface area (Å²) in [6.45, 7) is 0. The molecule has 0 bridgehead atoms. The Labute approximate surface area is 112 Å². The maximum atomic E-state index is 12.1. The van der Waals surface area contributed by atoms with Gasteiger partial charge in [0.2, 0.25) is 0 Å². The van der Waals surface area contributed by atoms with Crippen molar-refractivity contribution in [1.82, 2.24) is 4.98 Å².